The van der Waals surface area contributed by atoms with E-state index in [0.717, 1.165) is 4.31 Å². The molecule has 0 bridgehead atoms. The number of carbonyl (C=O) groups is 1. The summed E-state index contributed by atoms with van der Waals surface area (Å²) in [6, 6.07) is 11.9. The highest BCUT2D eigenvalue weighted by atomic mass is 32.2. The van der Waals surface area contributed by atoms with E-state index in [1.165, 1.54) is 26.2 Å². The number of nitrogens with one attached hydrogen (secondary N) is 3. The normalized spacial score (nSPS) is 11.2. The molecule has 0 atom stereocenters. The average molecular weight is 421 g/mol. The van der Waals surface area contributed by atoms with Crippen LogP contribution in [0.2, 0.25) is 0 Å². The molecule has 158 valence electrons. The summed E-state index contributed by atoms with van der Waals surface area (Å²) in [6.45, 7) is 4.92. The van der Waals surface area contributed by atoms with Gasteiger partial charge in [0.05, 0.1) is 35.1 Å². The molecule has 1 amide bonds. The first-order valence-corrected chi connectivity index (χ1v) is 10.8. The van der Waals surface area contributed by atoms with E-state index < -0.39 is 10.0 Å². The molecule has 0 aliphatic rings. The van der Waals surface area contributed by atoms with Crippen LogP contribution in [0.25, 0.3) is 0 Å². The first-order chi connectivity index (χ1) is 13.8. The van der Waals surface area contributed by atoms with Gasteiger partial charge >= 0.3 is 0 Å². The monoisotopic (exact) mass is 420 g/mol. The predicted octanol–water partition coefficient (Wildman–Crippen LogP) is 2.82. The Kier molecular flexibility index (Phi) is 7.86. The van der Waals surface area contributed by atoms with Crippen LogP contribution in [0, 0.1) is 0 Å². The van der Waals surface area contributed by atoms with Crippen LogP contribution in [0.15, 0.2) is 47.4 Å². The highest BCUT2D eigenvalue weighted by molar-refractivity contribution is 7.89. The second-order valence-corrected chi connectivity index (χ2v) is 8.51. The number of hydrogen-bond acceptors (Lipinski definition) is 6. The summed E-state index contributed by atoms with van der Waals surface area (Å²) in [5.74, 6) is 0.316. The molecule has 3 N–H and O–H groups in total. The molecule has 0 saturated heterocycles. The largest absolute Gasteiger partial charge is 0.492 e. The van der Waals surface area contributed by atoms with Gasteiger partial charge in [0, 0.05) is 20.6 Å². The van der Waals surface area contributed by atoms with Crippen molar-refractivity contribution in [3.05, 3.63) is 42.5 Å². The van der Waals surface area contributed by atoms with Crippen molar-refractivity contribution >= 4 is 33.0 Å². The van der Waals surface area contributed by atoms with Gasteiger partial charge in [-0.25, -0.2) is 12.7 Å². The number of hydrogen-bond donors (Lipinski definition) is 3. The maximum atomic E-state index is 12.4. The van der Waals surface area contributed by atoms with Crippen molar-refractivity contribution in [3.63, 3.8) is 0 Å². The van der Waals surface area contributed by atoms with E-state index in [2.05, 4.69) is 16.0 Å². The van der Waals surface area contributed by atoms with Crippen molar-refractivity contribution in [2.24, 2.45) is 0 Å². The first-order valence-electron chi connectivity index (χ1n) is 9.35. The number of anilines is 3. The number of nitrogens with zero attached hydrogens (tertiary/aromatic N) is 1. The van der Waals surface area contributed by atoms with E-state index >= 15 is 0 Å². The summed E-state index contributed by atoms with van der Waals surface area (Å²) in [7, 11) is -0.629. The number of carbonyl (C=O) groups excluding carboxylic acids is 1. The van der Waals surface area contributed by atoms with Crippen LogP contribution in [0.5, 0.6) is 5.75 Å². The van der Waals surface area contributed by atoms with Gasteiger partial charge < -0.3 is 20.7 Å². The minimum atomic E-state index is -3.58. The lowest BCUT2D eigenvalue weighted by molar-refractivity contribution is -0.114. The molecule has 0 aliphatic carbocycles. The van der Waals surface area contributed by atoms with Crippen LogP contribution in [-0.2, 0) is 14.8 Å². The lowest BCUT2D eigenvalue weighted by Crippen LogP contribution is -2.24. The molecule has 0 aromatic heterocycles. The quantitative estimate of drug-likeness (QED) is 0.547. The minimum absolute atomic E-state index is 0.0374. The van der Waals surface area contributed by atoms with Crippen molar-refractivity contribution in [1.29, 1.82) is 0 Å². The molecule has 9 heteroatoms. The van der Waals surface area contributed by atoms with Crippen LogP contribution in [-0.4, -0.2) is 52.4 Å². The molecule has 0 aliphatic heterocycles. The number of ether oxygens (including phenoxy) is 1. The third kappa shape index (κ3) is 5.85. The van der Waals surface area contributed by atoms with Gasteiger partial charge in [-0.1, -0.05) is 12.1 Å². The number of para-hydroxylation sites is 2. The molecule has 0 saturated carbocycles. The van der Waals surface area contributed by atoms with E-state index in [4.69, 9.17) is 4.74 Å². The van der Waals surface area contributed by atoms with Gasteiger partial charge in [0.1, 0.15) is 5.75 Å². The highest BCUT2D eigenvalue weighted by Gasteiger charge is 2.19. The SMILES string of the molecule is CCNc1ccc(S(=O)(=O)N(C)C)cc1NCC(=O)Nc1ccccc1OCC. The lowest BCUT2D eigenvalue weighted by Gasteiger charge is -2.17. The van der Waals surface area contributed by atoms with Gasteiger partial charge in [0.15, 0.2) is 0 Å². The third-order valence-corrected chi connectivity index (χ3v) is 5.85. The Bertz CT molecular complexity index is 945. The Morgan fingerprint density at radius 2 is 1.72 bits per heavy atom. The predicted molar refractivity (Wildman–Crippen MR) is 116 cm³/mol. The Morgan fingerprint density at radius 3 is 2.38 bits per heavy atom. The van der Waals surface area contributed by atoms with Crippen LogP contribution in [0.1, 0.15) is 13.8 Å². The second-order valence-electron chi connectivity index (χ2n) is 6.36. The zero-order valence-corrected chi connectivity index (χ0v) is 18.0. The Morgan fingerprint density at radius 1 is 1.00 bits per heavy atom. The molecule has 0 unspecified atom stereocenters. The Labute approximate surface area is 172 Å². The highest BCUT2D eigenvalue weighted by Crippen LogP contribution is 2.27. The summed E-state index contributed by atoms with van der Waals surface area (Å²) in [5.41, 5.74) is 1.83. The number of rotatable bonds is 10. The fourth-order valence-electron chi connectivity index (χ4n) is 2.61. The molecule has 2 rings (SSSR count). The summed E-state index contributed by atoms with van der Waals surface area (Å²) in [6.07, 6.45) is 0. The smallest absolute Gasteiger partial charge is 0.243 e. The van der Waals surface area contributed by atoms with E-state index in [9.17, 15) is 13.2 Å². The van der Waals surface area contributed by atoms with Crippen molar-refractivity contribution in [2.45, 2.75) is 18.7 Å². The van der Waals surface area contributed by atoms with Gasteiger partial charge in [-0.05, 0) is 44.2 Å². The minimum Gasteiger partial charge on any atom is -0.492 e. The number of benzene rings is 2. The maximum absolute atomic E-state index is 12.4. The fraction of sp³-hybridized carbons (Fsp3) is 0.350. The zero-order chi connectivity index (χ0) is 21.4. The van der Waals surface area contributed by atoms with E-state index in [-0.39, 0.29) is 17.3 Å². The van der Waals surface area contributed by atoms with E-state index in [1.807, 2.05) is 26.0 Å². The molecule has 29 heavy (non-hydrogen) atoms. The van der Waals surface area contributed by atoms with Crippen molar-refractivity contribution in [2.75, 3.05) is 49.7 Å². The topological polar surface area (TPSA) is 99.8 Å². The molecule has 0 spiro atoms. The van der Waals surface area contributed by atoms with Crippen molar-refractivity contribution < 1.29 is 17.9 Å². The summed E-state index contributed by atoms with van der Waals surface area (Å²) >= 11 is 0. The number of amides is 1. The van der Waals surface area contributed by atoms with Crippen LogP contribution in [0.3, 0.4) is 0 Å². The summed E-state index contributed by atoms with van der Waals surface area (Å²) in [5, 5.41) is 8.99. The van der Waals surface area contributed by atoms with Gasteiger partial charge in [0.25, 0.3) is 0 Å². The van der Waals surface area contributed by atoms with E-state index in [1.54, 1.807) is 18.2 Å². The summed E-state index contributed by atoms with van der Waals surface area (Å²) in [4.78, 5) is 12.6. The Hall–Kier alpha value is -2.78. The zero-order valence-electron chi connectivity index (χ0n) is 17.2. The Balaban J connectivity index is 2.17. The van der Waals surface area contributed by atoms with Crippen LogP contribution < -0.4 is 20.7 Å². The standard InChI is InChI=1S/C20H28N4O4S/c1-5-21-16-12-11-15(29(26,27)24(3)4)13-18(16)22-14-20(25)23-17-9-7-8-10-19(17)28-6-2/h7-13,21-22H,5-6,14H2,1-4H3,(H,23,25). The molecular formula is C20H28N4O4S. The summed E-state index contributed by atoms with van der Waals surface area (Å²) < 4.78 is 31.5. The molecule has 8 nitrogen and oxygen atoms in total. The lowest BCUT2D eigenvalue weighted by atomic mass is 10.2. The van der Waals surface area contributed by atoms with Gasteiger partial charge in [-0.2, -0.15) is 0 Å². The first kappa shape index (κ1) is 22.5. The van der Waals surface area contributed by atoms with Gasteiger partial charge in [-0.15, -0.1) is 0 Å². The fourth-order valence-corrected chi connectivity index (χ4v) is 3.54. The van der Waals surface area contributed by atoms with Crippen molar-refractivity contribution in [1.82, 2.24) is 4.31 Å². The number of sulfonamides is 1. The average Bonchev–Trinajstić information content (AvgIpc) is 2.69. The van der Waals surface area contributed by atoms with Gasteiger partial charge in [0.2, 0.25) is 15.9 Å². The van der Waals surface area contributed by atoms with E-state index in [0.29, 0.717) is 36.0 Å². The second kappa shape index (κ2) is 10.1. The van der Waals surface area contributed by atoms with Crippen LogP contribution >= 0.6 is 0 Å². The molecule has 2 aromatic rings. The van der Waals surface area contributed by atoms with Crippen molar-refractivity contribution in [3.8, 4) is 5.75 Å². The molecule has 0 fully saturated rings. The molecule has 2 aromatic carbocycles. The van der Waals surface area contributed by atoms with Gasteiger partial charge in [-0.3, -0.25) is 4.79 Å². The third-order valence-electron chi connectivity index (χ3n) is 4.04. The van der Waals surface area contributed by atoms with Crippen LogP contribution in [0.4, 0.5) is 17.1 Å². The maximum Gasteiger partial charge on any atom is 0.243 e. The molecule has 0 heterocycles. The molecular weight excluding hydrogens is 392 g/mol. The molecule has 0 radical (unpaired) electrons.